The molecule has 3 aromatic rings. The molecule has 0 saturated carbocycles. The number of nitrogens with zero attached hydrogens (tertiary/aromatic N) is 4. The minimum atomic E-state index is -0.135. The van der Waals surface area contributed by atoms with Gasteiger partial charge in [0.05, 0.1) is 29.7 Å². The second-order valence-electron chi connectivity index (χ2n) is 10.1. The van der Waals surface area contributed by atoms with E-state index in [2.05, 4.69) is 37.5 Å². The predicted molar refractivity (Wildman–Crippen MR) is 148 cm³/mol. The molecule has 7 nitrogen and oxygen atoms in total. The van der Waals surface area contributed by atoms with Gasteiger partial charge in [0.1, 0.15) is 11.6 Å². The maximum Gasteiger partial charge on any atom is 0.266 e. The van der Waals surface area contributed by atoms with Crippen LogP contribution >= 0.6 is 0 Å². The van der Waals surface area contributed by atoms with Crippen LogP contribution in [0.1, 0.15) is 65.2 Å². The molecule has 1 saturated heterocycles. The van der Waals surface area contributed by atoms with Crippen LogP contribution in [0.15, 0.2) is 53.3 Å². The Morgan fingerprint density at radius 3 is 2.54 bits per heavy atom. The van der Waals surface area contributed by atoms with E-state index in [1.807, 2.05) is 48.5 Å². The molecule has 198 valence electrons. The van der Waals surface area contributed by atoms with Crippen LogP contribution in [0.2, 0.25) is 0 Å². The van der Waals surface area contributed by atoms with Gasteiger partial charge in [0, 0.05) is 31.6 Å². The van der Waals surface area contributed by atoms with Gasteiger partial charge < -0.3 is 9.64 Å². The number of carbonyl (C=O) groups excluding carboxylic acids is 1. The fourth-order valence-corrected chi connectivity index (χ4v) is 5.49. The molecule has 0 radical (unpaired) electrons. The molecule has 0 spiro atoms. The zero-order chi connectivity index (χ0) is 26.5. The lowest BCUT2D eigenvalue weighted by atomic mass is 9.96. The number of hydrogen-bond donors (Lipinski definition) is 0. The second kappa shape index (κ2) is 11.9. The van der Waals surface area contributed by atoms with Crippen LogP contribution in [-0.4, -0.2) is 58.0 Å². The number of unbranched alkanes of at least 4 members (excludes halogenated alkanes) is 1. The topological polar surface area (TPSA) is 67.7 Å². The van der Waals surface area contributed by atoms with Crippen molar-refractivity contribution in [3.63, 3.8) is 0 Å². The Morgan fingerprint density at radius 2 is 1.84 bits per heavy atom. The van der Waals surface area contributed by atoms with Gasteiger partial charge in [-0.15, -0.1) is 0 Å². The van der Waals surface area contributed by atoms with E-state index in [-0.39, 0.29) is 29.5 Å². The van der Waals surface area contributed by atoms with Crippen molar-refractivity contribution in [1.29, 1.82) is 0 Å². The van der Waals surface area contributed by atoms with E-state index in [1.54, 1.807) is 11.7 Å². The first-order valence-corrected chi connectivity index (χ1v) is 13.6. The Hall–Kier alpha value is -3.19. The highest BCUT2D eigenvalue weighted by molar-refractivity contribution is 5.79. The summed E-state index contributed by atoms with van der Waals surface area (Å²) in [7, 11) is 1.61. The molecule has 1 fully saturated rings. The van der Waals surface area contributed by atoms with Crippen LogP contribution in [0.25, 0.3) is 16.6 Å². The predicted octanol–water partition coefficient (Wildman–Crippen LogP) is 5.20. The van der Waals surface area contributed by atoms with Crippen molar-refractivity contribution in [2.24, 2.45) is 5.92 Å². The summed E-state index contributed by atoms with van der Waals surface area (Å²) in [6.45, 7) is 10.7. The molecule has 1 aliphatic rings. The van der Waals surface area contributed by atoms with Gasteiger partial charge in [0.15, 0.2) is 0 Å². The number of aromatic nitrogens is 2. The summed E-state index contributed by atoms with van der Waals surface area (Å²) in [5.41, 5.74) is 1.25. The number of rotatable bonds is 9. The first kappa shape index (κ1) is 26.9. The molecule has 1 aliphatic heterocycles. The number of methoxy groups -OCH3 is 1. The number of ether oxygens (including phenoxy) is 1. The average molecular weight is 505 g/mol. The third kappa shape index (κ3) is 5.42. The molecule has 1 amide bonds. The summed E-state index contributed by atoms with van der Waals surface area (Å²) >= 11 is 0. The molecule has 7 heteroatoms. The summed E-state index contributed by atoms with van der Waals surface area (Å²) < 4.78 is 7.32. The van der Waals surface area contributed by atoms with Crippen molar-refractivity contribution in [3.05, 3.63) is 64.7 Å². The van der Waals surface area contributed by atoms with Crippen LogP contribution in [0, 0.1) is 5.92 Å². The number of carbonyl (C=O) groups is 1. The summed E-state index contributed by atoms with van der Waals surface area (Å²) in [6.07, 6.45) is 4.04. The normalized spacial score (nSPS) is 18.1. The SMILES string of the molecule is CCCCC(CC)C(=O)N1CCN(C(C)c2nc3ccccc3c(=O)n2-c2ccccc2OC)CC1C. The summed E-state index contributed by atoms with van der Waals surface area (Å²) in [5, 5.41) is 0.575. The highest BCUT2D eigenvalue weighted by Gasteiger charge is 2.34. The number of fused-ring (bicyclic) bond motifs is 1. The van der Waals surface area contributed by atoms with E-state index in [1.165, 1.54) is 0 Å². The van der Waals surface area contributed by atoms with Crippen molar-refractivity contribution in [2.75, 3.05) is 26.7 Å². The fraction of sp³-hybridized carbons (Fsp3) is 0.500. The van der Waals surface area contributed by atoms with Crippen molar-refractivity contribution >= 4 is 16.8 Å². The number of hydrogen-bond acceptors (Lipinski definition) is 5. The Morgan fingerprint density at radius 1 is 1.11 bits per heavy atom. The minimum Gasteiger partial charge on any atom is -0.495 e. The van der Waals surface area contributed by atoms with Gasteiger partial charge in [-0.05, 0) is 51.0 Å². The molecule has 2 aromatic carbocycles. The number of benzene rings is 2. The molecule has 0 N–H and O–H groups in total. The first-order chi connectivity index (χ1) is 17.9. The lowest BCUT2D eigenvalue weighted by Crippen LogP contribution is -2.56. The molecule has 4 rings (SSSR count). The molecule has 0 aliphatic carbocycles. The Kier molecular flexibility index (Phi) is 8.64. The van der Waals surface area contributed by atoms with Crippen LogP contribution in [-0.2, 0) is 4.79 Å². The van der Waals surface area contributed by atoms with Crippen LogP contribution in [0.5, 0.6) is 5.75 Å². The van der Waals surface area contributed by atoms with Crippen LogP contribution in [0.3, 0.4) is 0 Å². The van der Waals surface area contributed by atoms with E-state index in [9.17, 15) is 9.59 Å². The Labute approximate surface area is 220 Å². The van der Waals surface area contributed by atoms with Gasteiger partial charge in [0.25, 0.3) is 5.56 Å². The van der Waals surface area contributed by atoms with Crippen molar-refractivity contribution in [1.82, 2.24) is 19.4 Å². The summed E-state index contributed by atoms with van der Waals surface area (Å²) in [4.78, 5) is 36.5. The Balaban J connectivity index is 1.67. The fourth-order valence-electron chi connectivity index (χ4n) is 5.49. The average Bonchev–Trinajstić information content (AvgIpc) is 2.92. The van der Waals surface area contributed by atoms with Crippen LogP contribution in [0.4, 0.5) is 0 Å². The third-order valence-corrected chi connectivity index (χ3v) is 7.74. The van der Waals surface area contributed by atoms with Gasteiger partial charge in [-0.3, -0.25) is 19.1 Å². The summed E-state index contributed by atoms with van der Waals surface area (Å²) in [5.74, 6) is 1.68. The zero-order valence-corrected chi connectivity index (χ0v) is 22.8. The van der Waals surface area contributed by atoms with E-state index in [4.69, 9.17) is 9.72 Å². The lowest BCUT2D eigenvalue weighted by molar-refractivity contribution is -0.141. The van der Waals surface area contributed by atoms with E-state index in [0.717, 1.165) is 38.8 Å². The highest BCUT2D eigenvalue weighted by Crippen LogP contribution is 2.29. The molecule has 2 heterocycles. The van der Waals surface area contributed by atoms with Gasteiger partial charge >= 0.3 is 0 Å². The first-order valence-electron chi connectivity index (χ1n) is 13.6. The molecule has 0 bridgehead atoms. The van der Waals surface area contributed by atoms with Gasteiger partial charge in [-0.1, -0.05) is 51.0 Å². The maximum atomic E-state index is 13.8. The van der Waals surface area contributed by atoms with Crippen molar-refractivity contribution in [3.8, 4) is 11.4 Å². The third-order valence-electron chi connectivity index (χ3n) is 7.74. The lowest BCUT2D eigenvalue weighted by Gasteiger charge is -2.43. The zero-order valence-electron chi connectivity index (χ0n) is 22.8. The van der Waals surface area contributed by atoms with E-state index in [0.29, 0.717) is 34.7 Å². The second-order valence-corrected chi connectivity index (χ2v) is 10.1. The molecular weight excluding hydrogens is 464 g/mol. The van der Waals surface area contributed by atoms with E-state index < -0.39 is 0 Å². The standard InChI is InChI=1S/C30H40N4O3/c1-6-8-13-23(7-2)29(35)33-19-18-32(20-21(33)3)22(4)28-31-25-15-10-9-14-24(25)30(36)34(28)26-16-11-12-17-27(26)37-5/h9-12,14-17,21-23H,6-8,13,18-20H2,1-5H3. The highest BCUT2D eigenvalue weighted by atomic mass is 16.5. The van der Waals surface area contributed by atoms with Crippen LogP contribution < -0.4 is 10.3 Å². The van der Waals surface area contributed by atoms with Crippen molar-refractivity contribution in [2.45, 2.75) is 65.5 Å². The quantitative estimate of drug-likeness (QED) is 0.400. The molecular formula is C30H40N4O3. The maximum absolute atomic E-state index is 13.8. The Bertz CT molecular complexity index is 1290. The van der Waals surface area contributed by atoms with Crippen molar-refractivity contribution < 1.29 is 9.53 Å². The minimum absolute atomic E-state index is 0.0891. The number of para-hydroxylation sites is 3. The van der Waals surface area contributed by atoms with E-state index >= 15 is 0 Å². The molecule has 3 unspecified atom stereocenters. The largest absolute Gasteiger partial charge is 0.495 e. The van der Waals surface area contributed by atoms with Gasteiger partial charge in [-0.25, -0.2) is 4.98 Å². The molecule has 3 atom stereocenters. The number of amides is 1. The monoisotopic (exact) mass is 504 g/mol. The smallest absolute Gasteiger partial charge is 0.266 e. The number of piperazine rings is 1. The molecule has 1 aromatic heterocycles. The molecule has 37 heavy (non-hydrogen) atoms. The van der Waals surface area contributed by atoms with Gasteiger partial charge in [-0.2, -0.15) is 0 Å². The van der Waals surface area contributed by atoms with Gasteiger partial charge in [0.2, 0.25) is 5.91 Å². The summed E-state index contributed by atoms with van der Waals surface area (Å²) in [6, 6.07) is 15.0.